The molecule has 4 rings (SSSR count). The van der Waals surface area contributed by atoms with Gasteiger partial charge in [-0.25, -0.2) is 0 Å². The van der Waals surface area contributed by atoms with Gasteiger partial charge in [-0.05, 0) is 30.6 Å². The molecular formula is C17H14N2O3S. The average molecular weight is 326 g/mol. The number of hydrogen-bond acceptors (Lipinski definition) is 5. The Labute approximate surface area is 138 Å². The lowest BCUT2D eigenvalue weighted by molar-refractivity contribution is -0.123. The van der Waals surface area contributed by atoms with Gasteiger partial charge in [0.2, 0.25) is 5.88 Å². The van der Waals surface area contributed by atoms with Crippen LogP contribution in [0.25, 0.3) is 10.8 Å². The Bertz CT molecular complexity index is 891. The van der Waals surface area contributed by atoms with Crippen LogP contribution in [0.3, 0.4) is 0 Å². The van der Waals surface area contributed by atoms with Gasteiger partial charge in [0.1, 0.15) is 0 Å². The van der Waals surface area contributed by atoms with E-state index >= 15 is 0 Å². The van der Waals surface area contributed by atoms with E-state index in [2.05, 4.69) is 0 Å². The molecule has 0 unspecified atom stereocenters. The fraction of sp³-hybridized carbons (Fsp3) is 0.176. The highest BCUT2D eigenvalue weighted by molar-refractivity contribution is 7.80. The molecule has 2 heterocycles. The highest BCUT2D eigenvalue weighted by Crippen LogP contribution is 2.44. The second-order valence-corrected chi connectivity index (χ2v) is 5.70. The first-order valence-corrected chi connectivity index (χ1v) is 7.74. The largest absolute Gasteiger partial charge is 0.435 e. The second-order valence-electron chi connectivity index (χ2n) is 5.35. The van der Waals surface area contributed by atoms with Crippen molar-refractivity contribution < 1.29 is 14.3 Å². The molecule has 2 aromatic carbocycles. The Kier molecular flexibility index (Phi) is 3.02. The number of amides is 1. The highest BCUT2D eigenvalue weighted by Gasteiger charge is 2.40. The number of ether oxygens (including phenoxy) is 2. The summed E-state index contributed by atoms with van der Waals surface area (Å²) < 4.78 is 11.4. The van der Waals surface area contributed by atoms with Crippen LogP contribution >= 0.6 is 12.2 Å². The van der Waals surface area contributed by atoms with E-state index < -0.39 is 0 Å². The van der Waals surface area contributed by atoms with E-state index in [1.54, 1.807) is 0 Å². The normalized spacial score (nSPS) is 20.1. The summed E-state index contributed by atoms with van der Waals surface area (Å²) in [6.45, 7) is 2.32. The Morgan fingerprint density at radius 1 is 1.13 bits per heavy atom. The first kappa shape index (κ1) is 14.0. The number of nitrogens with zero attached hydrogens (tertiary/aromatic N) is 2. The Hall–Kier alpha value is -2.60. The van der Waals surface area contributed by atoms with E-state index in [0.29, 0.717) is 18.2 Å². The zero-order chi connectivity index (χ0) is 16.1. The number of anilines is 1. The minimum absolute atomic E-state index is 0.139. The average Bonchev–Trinajstić information content (AvgIpc) is 3.04. The van der Waals surface area contributed by atoms with E-state index in [4.69, 9.17) is 21.7 Å². The van der Waals surface area contributed by atoms with Crippen molar-refractivity contribution in [2.24, 2.45) is 0 Å². The van der Waals surface area contributed by atoms with Crippen LogP contribution in [0.1, 0.15) is 6.92 Å². The third kappa shape index (κ3) is 1.91. The molecule has 0 saturated carbocycles. The Balaban J connectivity index is 1.86. The number of thiocarbonyl (C=S) groups is 1. The van der Waals surface area contributed by atoms with Crippen LogP contribution in [0.15, 0.2) is 48.0 Å². The van der Waals surface area contributed by atoms with Gasteiger partial charge in [-0.1, -0.05) is 30.3 Å². The molecule has 0 N–H and O–H groups in total. The van der Waals surface area contributed by atoms with Crippen LogP contribution in [0.2, 0.25) is 0 Å². The van der Waals surface area contributed by atoms with Crippen LogP contribution < -0.4 is 9.64 Å². The van der Waals surface area contributed by atoms with Crippen LogP contribution in [-0.2, 0) is 9.53 Å². The Morgan fingerprint density at radius 3 is 2.65 bits per heavy atom. The first-order valence-electron chi connectivity index (χ1n) is 7.33. The predicted octanol–water partition coefficient (Wildman–Crippen LogP) is 3.00. The van der Waals surface area contributed by atoms with Crippen molar-refractivity contribution in [1.29, 1.82) is 0 Å². The topological polar surface area (TPSA) is 42.0 Å². The molecule has 0 aromatic heterocycles. The first-order chi connectivity index (χ1) is 11.1. The van der Waals surface area contributed by atoms with Gasteiger partial charge < -0.3 is 14.4 Å². The lowest BCUT2D eigenvalue weighted by Gasteiger charge is -2.13. The molecule has 1 fully saturated rings. The molecule has 0 aliphatic carbocycles. The van der Waals surface area contributed by atoms with Crippen molar-refractivity contribution in [1.82, 2.24) is 4.90 Å². The molecular weight excluding hydrogens is 312 g/mol. The summed E-state index contributed by atoms with van der Waals surface area (Å²) in [5.74, 6) is 0.946. The van der Waals surface area contributed by atoms with E-state index in [1.165, 1.54) is 4.90 Å². The molecule has 2 aromatic rings. The summed E-state index contributed by atoms with van der Waals surface area (Å²) in [5, 5.41) is 2.33. The molecule has 23 heavy (non-hydrogen) atoms. The van der Waals surface area contributed by atoms with Gasteiger partial charge in [-0.2, -0.15) is 0 Å². The molecule has 2 aliphatic heterocycles. The van der Waals surface area contributed by atoms with Crippen LogP contribution in [0.4, 0.5) is 5.69 Å². The molecule has 0 spiro atoms. The molecule has 0 radical (unpaired) electrons. The van der Waals surface area contributed by atoms with Crippen molar-refractivity contribution in [3.8, 4) is 5.75 Å². The maximum atomic E-state index is 12.4. The van der Waals surface area contributed by atoms with Crippen molar-refractivity contribution >= 4 is 39.8 Å². The second kappa shape index (κ2) is 4.96. The van der Waals surface area contributed by atoms with Crippen molar-refractivity contribution in [3.05, 3.63) is 48.0 Å². The zero-order valence-corrected chi connectivity index (χ0v) is 13.5. The summed E-state index contributed by atoms with van der Waals surface area (Å²) in [6.07, 6.45) is 0. The Morgan fingerprint density at radius 2 is 1.91 bits per heavy atom. The summed E-state index contributed by atoms with van der Waals surface area (Å²) >= 11 is 5.11. The van der Waals surface area contributed by atoms with Crippen LogP contribution in [0, 0.1) is 0 Å². The molecule has 0 atom stereocenters. The van der Waals surface area contributed by atoms with Gasteiger partial charge in [0.25, 0.3) is 10.9 Å². The predicted molar refractivity (Wildman–Crippen MR) is 91.1 cm³/mol. The smallest absolute Gasteiger partial charge is 0.302 e. The highest BCUT2D eigenvalue weighted by atomic mass is 32.1. The number of rotatable bonds is 1. The minimum atomic E-state index is -0.267. The van der Waals surface area contributed by atoms with Gasteiger partial charge in [0.05, 0.1) is 5.69 Å². The molecule has 116 valence electrons. The SMILES string of the molecule is CCN1C(=O)C(=C2Oc3ccc4ccccc4c3N2C)OC1=S. The van der Waals surface area contributed by atoms with Gasteiger partial charge in [-0.15, -0.1) is 0 Å². The van der Waals surface area contributed by atoms with Gasteiger partial charge >= 0.3 is 5.91 Å². The fourth-order valence-corrected chi connectivity index (χ4v) is 3.23. The van der Waals surface area contributed by atoms with E-state index in [1.807, 2.05) is 55.3 Å². The third-order valence-electron chi connectivity index (χ3n) is 4.07. The zero-order valence-electron chi connectivity index (χ0n) is 12.7. The standard InChI is InChI=1S/C17H14N2O3S/c1-3-19-15(20)14(22-17(19)23)16-18(2)13-11-7-5-4-6-10(11)8-9-12(13)21-16/h4-9H,3H2,1-2H3. The lowest BCUT2D eigenvalue weighted by Crippen LogP contribution is -2.29. The van der Waals surface area contributed by atoms with Crippen molar-refractivity contribution in [2.45, 2.75) is 6.92 Å². The van der Waals surface area contributed by atoms with E-state index in [9.17, 15) is 4.79 Å². The van der Waals surface area contributed by atoms with Gasteiger partial charge in [-0.3, -0.25) is 9.69 Å². The molecule has 5 nitrogen and oxygen atoms in total. The summed E-state index contributed by atoms with van der Waals surface area (Å²) in [4.78, 5) is 15.7. The van der Waals surface area contributed by atoms with Crippen LogP contribution in [0.5, 0.6) is 5.75 Å². The molecule has 6 heteroatoms. The van der Waals surface area contributed by atoms with E-state index in [-0.39, 0.29) is 16.8 Å². The number of fused-ring (bicyclic) bond motifs is 3. The van der Waals surface area contributed by atoms with Gasteiger partial charge in [0.15, 0.2) is 5.75 Å². The van der Waals surface area contributed by atoms with E-state index in [0.717, 1.165) is 16.5 Å². The van der Waals surface area contributed by atoms with Crippen LogP contribution in [-0.4, -0.2) is 29.6 Å². The molecule has 1 amide bonds. The lowest BCUT2D eigenvalue weighted by atomic mass is 10.1. The number of carbonyl (C=O) groups is 1. The third-order valence-corrected chi connectivity index (χ3v) is 4.37. The van der Waals surface area contributed by atoms with Gasteiger partial charge in [0, 0.05) is 19.0 Å². The minimum Gasteiger partial charge on any atom is -0.435 e. The number of carbonyl (C=O) groups excluding carboxylic acids is 1. The number of hydrogen-bond donors (Lipinski definition) is 0. The molecule has 0 bridgehead atoms. The maximum Gasteiger partial charge on any atom is 0.302 e. The molecule has 2 aliphatic rings. The number of likely N-dealkylation sites (N-methyl/N-ethyl adjacent to an activating group) is 1. The maximum absolute atomic E-state index is 12.4. The summed E-state index contributed by atoms with van der Waals surface area (Å²) in [6, 6.07) is 11.9. The summed E-state index contributed by atoms with van der Waals surface area (Å²) in [5.41, 5.74) is 0.919. The summed E-state index contributed by atoms with van der Waals surface area (Å²) in [7, 11) is 1.86. The molecule has 1 saturated heterocycles. The monoisotopic (exact) mass is 326 g/mol. The van der Waals surface area contributed by atoms with Crippen molar-refractivity contribution in [2.75, 3.05) is 18.5 Å². The van der Waals surface area contributed by atoms with Crippen molar-refractivity contribution in [3.63, 3.8) is 0 Å². The fourth-order valence-electron chi connectivity index (χ4n) is 2.94. The number of benzene rings is 2. The quantitative estimate of drug-likeness (QED) is 0.595.